The van der Waals surface area contributed by atoms with Crippen LogP contribution in [-0.2, 0) is 6.42 Å². The topological polar surface area (TPSA) is 6.48 Å². The largest absolute Gasteiger partial charge is 0.364 e. The highest BCUT2D eigenvalue weighted by molar-refractivity contribution is 5.60. The average molecular weight is 220 g/mol. The first-order valence-electron chi connectivity index (χ1n) is 5.98. The Bertz CT molecular complexity index is 405. The molecule has 3 rings (SSSR count). The van der Waals surface area contributed by atoms with Crippen molar-refractivity contribution >= 4 is 5.69 Å². The van der Waals surface area contributed by atoms with Gasteiger partial charge in [0.2, 0.25) is 0 Å². The molecule has 0 bridgehead atoms. The molecule has 0 aliphatic carbocycles. The van der Waals surface area contributed by atoms with E-state index in [1.165, 1.54) is 5.56 Å². The Labute approximate surface area is 95.7 Å². The number of hydrogen-bond donors (Lipinski definition) is 0. The maximum absolute atomic E-state index is 13.8. The summed E-state index contributed by atoms with van der Waals surface area (Å²) in [5.41, 5.74) is 2.04. The summed E-state index contributed by atoms with van der Waals surface area (Å²) in [6.07, 6.45) is 2.12. The third-order valence-electron chi connectivity index (χ3n) is 3.72. The van der Waals surface area contributed by atoms with Gasteiger partial charge >= 0.3 is 0 Å². The minimum Gasteiger partial charge on any atom is -0.364 e. The molecule has 0 N–H and O–H groups in total. The summed E-state index contributed by atoms with van der Waals surface area (Å²) in [6, 6.07) is 5.94. The SMILES string of the molecule is CN1CCCN2c3c(F)cccc3CC2C1. The van der Waals surface area contributed by atoms with E-state index in [2.05, 4.69) is 22.9 Å². The average Bonchev–Trinajstić information content (AvgIpc) is 2.48. The second-order valence-electron chi connectivity index (χ2n) is 4.91. The van der Waals surface area contributed by atoms with Crippen LogP contribution in [0.4, 0.5) is 10.1 Å². The molecule has 2 nitrogen and oxygen atoms in total. The summed E-state index contributed by atoms with van der Waals surface area (Å²) in [5, 5.41) is 0. The molecule has 0 spiro atoms. The Morgan fingerprint density at radius 2 is 2.19 bits per heavy atom. The van der Waals surface area contributed by atoms with Gasteiger partial charge in [0.15, 0.2) is 0 Å². The van der Waals surface area contributed by atoms with Crippen LogP contribution >= 0.6 is 0 Å². The zero-order valence-electron chi connectivity index (χ0n) is 9.62. The number of fused-ring (bicyclic) bond motifs is 3. The lowest BCUT2D eigenvalue weighted by atomic mass is 10.1. The van der Waals surface area contributed by atoms with E-state index in [1.54, 1.807) is 6.07 Å². The zero-order chi connectivity index (χ0) is 11.1. The predicted octanol–water partition coefficient (Wildman–Crippen LogP) is 1.89. The van der Waals surface area contributed by atoms with Crippen LogP contribution in [0.2, 0.25) is 0 Å². The first kappa shape index (κ1) is 10.1. The van der Waals surface area contributed by atoms with Crippen molar-refractivity contribution in [1.29, 1.82) is 0 Å². The molecule has 1 aromatic carbocycles. The van der Waals surface area contributed by atoms with Crippen LogP contribution in [0.3, 0.4) is 0 Å². The lowest BCUT2D eigenvalue weighted by Gasteiger charge is -2.26. The number of halogens is 1. The lowest BCUT2D eigenvalue weighted by molar-refractivity contribution is 0.333. The molecule has 0 radical (unpaired) electrons. The quantitative estimate of drug-likeness (QED) is 0.659. The third kappa shape index (κ3) is 1.50. The molecular formula is C13H17FN2. The van der Waals surface area contributed by atoms with Gasteiger partial charge in [0.05, 0.1) is 5.69 Å². The van der Waals surface area contributed by atoms with Crippen molar-refractivity contribution in [3.63, 3.8) is 0 Å². The van der Waals surface area contributed by atoms with Gasteiger partial charge in [-0.3, -0.25) is 0 Å². The number of rotatable bonds is 0. The predicted molar refractivity (Wildman–Crippen MR) is 63.4 cm³/mol. The maximum Gasteiger partial charge on any atom is 0.146 e. The number of hydrogen-bond acceptors (Lipinski definition) is 2. The van der Waals surface area contributed by atoms with E-state index in [0.29, 0.717) is 6.04 Å². The van der Waals surface area contributed by atoms with Crippen molar-refractivity contribution in [1.82, 2.24) is 4.90 Å². The second-order valence-corrected chi connectivity index (χ2v) is 4.91. The summed E-state index contributed by atoms with van der Waals surface area (Å²) in [4.78, 5) is 4.63. The fraction of sp³-hybridized carbons (Fsp3) is 0.538. The highest BCUT2D eigenvalue weighted by Gasteiger charge is 2.33. The van der Waals surface area contributed by atoms with Crippen LogP contribution in [0, 0.1) is 5.82 Å². The molecule has 0 aromatic heterocycles. The molecule has 1 atom stereocenters. The molecule has 16 heavy (non-hydrogen) atoms. The fourth-order valence-corrected chi connectivity index (χ4v) is 3.01. The van der Waals surface area contributed by atoms with Gasteiger partial charge in [-0.15, -0.1) is 0 Å². The number of likely N-dealkylation sites (N-methyl/N-ethyl adjacent to an activating group) is 1. The van der Waals surface area contributed by atoms with Gasteiger partial charge < -0.3 is 9.80 Å². The van der Waals surface area contributed by atoms with E-state index in [4.69, 9.17) is 0 Å². The van der Waals surface area contributed by atoms with E-state index >= 15 is 0 Å². The summed E-state index contributed by atoms with van der Waals surface area (Å²) in [5.74, 6) is -0.0513. The molecule has 1 saturated heterocycles. The van der Waals surface area contributed by atoms with E-state index < -0.39 is 0 Å². The van der Waals surface area contributed by atoms with E-state index in [1.807, 2.05) is 6.07 Å². The third-order valence-corrected chi connectivity index (χ3v) is 3.72. The van der Waals surface area contributed by atoms with Crippen LogP contribution in [0.1, 0.15) is 12.0 Å². The molecule has 1 aromatic rings. The molecule has 0 amide bonds. The Morgan fingerprint density at radius 1 is 1.31 bits per heavy atom. The van der Waals surface area contributed by atoms with Crippen LogP contribution in [-0.4, -0.2) is 37.6 Å². The van der Waals surface area contributed by atoms with Gasteiger partial charge in [0, 0.05) is 19.1 Å². The summed E-state index contributed by atoms with van der Waals surface area (Å²) >= 11 is 0. The van der Waals surface area contributed by atoms with Crippen molar-refractivity contribution in [2.75, 3.05) is 31.6 Å². The van der Waals surface area contributed by atoms with Gasteiger partial charge in [-0.1, -0.05) is 12.1 Å². The summed E-state index contributed by atoms with van der Waals surface area (Å²) in [7, 11) is 2.16. The Morgan fingerprint density at radius 3 is 3.06 bits per heavy atom. The summed E-state index contributed by atoms with van der Waals surface area (Å²) < 4.78 is 13.8. The summed E-state index contributed by atoms with van der Waals surface area (Å²) in [6.45, 7) is 3.16. The molecule has 2 heterocycles. The van der Waals surface area contributed by atoms with Gasteiger partial charge in [-0.2, -0.15) is 0 Å². The van der Waals surface area contributed by atoms with Crippen LogP contribution < -0.4 is 4.90 Å². The van der Waals surface area contributed by atoms with Gasteiger partial charge in [0.25, 0.3) is 0 Å². The molecule has 86 valence electrons. The lowest BCUT2D eigenvalue weighted by Crippen LogP contribution is -2.37. The van der Waals surface area contributed by atoms with Crippen LogP contribution in [0.25, 0.3) is 0 Å². The Balaban J connectivity index is 1.98. The second kappa shape index (κ2) is 3.74. The minimum atomic E-state index is -0.0513. The van der Waals surface area contributed by atoms with Crippen molar-refractivity contribution in [2.24, 2.45) is 0 Å². The zero-order valence-corrected chi connectivity index (χ0v) is 9.62. The van der Waals surface area contributed by atoms with Gasteiger partial charge in [-0.25, -0.2) is 4.39 Å². The molecule has 1 fully saturated rings. The monoisotopic (exact) mass is 220 g/mol. The van der Waals surface area contributed by atoms with Crippen LogP contribution in [0.15, 0.2) is 18.2 Å². The first-order chi connectivity index (χ1) is 7.75. The molecule has 0 saturated carbocycles. The van der Waals surface area contributed by atoms with E-state index in [-0.39, 0.29) is 5.82 Å². The van der Waals surface area contributed by atoms with Crippen molar-refractivity contribution < 1.29 is 4.39 Å². The first-order valence-corrected chi connectivity index (χ1v) is 5.98. The van der Waals surface area contributed by atoms with Crippen molar-refractivity contribution in [3.8, 4) is 0 Å². The highest BCUT2D eigenvalue weighted by atomic mass is 19.1. The molecule has 2 aliphatic rings. The Hall–Kier alpha value is -1.09. The molecule has 3 heteroatoms. The molecule has 2 aliphatic heterocycles. The minimum absolute atomic E-state index is 0.0513. The maximum atomic E-state index is 13.8. The van der Waals surface area contributed by atoms with Crippen LogP contribution in [0.5, 0.6) is 0 Å². The van der Waals surface area contributed by atoms with Crippen molar-refractivity contribution in [3.05, 3.63) is 29.6 Å². The highest BCUT2D eigenvalue weighted by Crippen LogP contribution is 2.35. The van der Waals surface area contributed by atoms with Gasteiger partial charge in [-0.05, 0) is 38.1 Å². The fourth-order valence-electron chi connectivity index (χ4n) is 3.01. The molecular weight excluding hydrogens is 203 g/mol. The number of benzene rings is 1. The standard InChI is InChI=1S/C13H17FN2/c1-15-6-3-7-16-11(9-15)8-10-4-2-5-12(14)13(10)16/h2,4-5,11H,3,6-9H2,1H3. The Kier molecular flexibility index (Phi) is 2.36. The van der Waals surface area contributed by atoms with E-state index in [9.17, 15) is 4.39 Å². The van der Waals surface area contributed by atoms with Crippen molar-refractivity contribution in [2.45, 2.75) is 18.9 Å². The number of anilines is 1. The van der Waals surface area contributed by atoms with E-state index in [0.717, 1.165) is 38.2 Å². The number of para-hydroxylation sites is 1. The smallest absolute Gasteiger partial charge is 0.146 e. The van der Waals surface area contributed by atoms with Gasteiger partial charge in [0.1, 0.15) is 5.82 Å². The number of nitrogens with zero attached hydrogens (tertiary/aromatic N) is 2. The molecule has 1 unspecified atom stereocenters. The normalized spacial score (nSPS) is 25.1.